The van der Waals surface area contributed by atoms with Crippen molar-refractivity contribution in [3.63, 3.8) is 0 Å². The van der Waals surface area contributed by atoms with Crippen LogP contribution in [-0.4, -0.2) is 41.6 Å². The summed E-state index contributed by atoms with van der Waals surface area (Å²) in [6.45, 7) is 5.79. The Hall–Kier alpha value is -0.920. The van der Waals surface area contributed by atoms with E-state index in [0.717, 1.165) is 25.8 Å². The summed E-state index contributed by atoms with van der Waals surface area (Å²) in [7, 11) is -3.45. The van der Waals surface area contributed by atoms with E-state index in [4.69, 9.17) is 5.73 Å². The van der Waals surface area contributed by atoms with E-state index in [1.165, 1.54) is 10.5 Å². The summed E-state index contributed by atoms with van der Waals surface area (Å²) < 4.78 is 28.3. The topological polar surface area (TPSA) is 81.2 Å². The lowest BCUT2D eigenvalue weighted by Crippen LogP contribution is -2.32. The first kappa shape index (κ1) is 15.5. The molecule has 1 aromatic rings. The standard InChI is InChI=1S/C13H24N4O2S/c1-3-5-11-8-17(10-13(11)14)20(18,19)12-7-15-16(9-12)6-4-2/h7,9,11,13H,3-6,8,10,14H2,1-2H3/t11-,13-/m0/s1. The molecule has 0 unspecified atom stereocenters. The molecule has 2 N–H and O–H groups in total. The van der Waals surface area contributed by atoms with Crippen LogP contribution < -0.4 is 5.73 Å². The van der Waals surface area contributed by atoms with Crippen LogP contribution in [0.25, 0.3) is 0 Å². The molecule has 6 nitrogen and oxygen atoms in total. The molecule has 0 aromatic carbocycles. The van der Waals surface area contributed by atoms with E-state index in [2.05, 4.69) is 12.0 Å². The van der Waals surface area contributed by atoms with Gasteiger partial charge in [0.05, 0.1) is 6.20 Å². The third-order valence-corrected chi connectivity index (χ3v) is 5.60. The first-order chi connectivity index (χ1) is 9.48. The third kappa shape index (κ3) is 3.05. The molecule has 114 valence electrons. The molecule has 0 saturated carbocycles. The number of aromatic nitrogens is 2. The van der Waals surface area contributed by atoms with Crippen LogP contribution in [0.2, 0.25) is 0 Å². The molecule has 2 heterocycles. The lowest BCUT2D eigenvalue weighted by molar-refractivity contribution is 0.439. The normalized spacial score (nSPS) is 24.4. The monoisotopic (exact) mass is 300 g/mol. The van der Waals surface area contributed by atoms with Gasteiger partial charge in [-0.1, -0.05) is 20.3 Å². The van der Waals surface area contributed by atoms with Crippen LogP contribution in [0.3, 0.4) is 0 Å². The van der Waals surface area contributed by atoms with Crippen molar-refractivity contribution in [3.8, 4) is 0 Å². The van der Waals surface area contributed by atoms with Crippen LogP contribution in [0, 0.1) is 5.92 Å². The molecule has 2 rings (SSSR count). The Balaban J connectivity index is 2.14. The Bertz CT molecular complexity index is 540. The molecule has 7 heteroatoms. The molecular weight excluding hydrogens is 276 g/mol. The van der Waals surface area contributed by atoms with Crippen molar-refractivity contribution >= 4 is 10.0 Å². The molecule has 1 aromatic heterocycles. The van der Waals surface area contributed by atoms with E-state index in [0.29, 0.717) is 13.1 Å². The highest BCUT2D eigenvalue weighted by Crippen LogP contribution is 2.26. The highest BCUT2D eigenvalue weighted by Gasteiger charge is 2.37. The Morgan fingerprint density at radius 2 is 2.10 bits per heavy atom. The minimum Gasteiger partial charge on any atom is -0.326 e. The average molecular weight is 300 g/mol. The lowest BCUT2D eigenvalue weighted by Gasteiger charge is -2.14. The fraction of sp³-hybridized carbons (Fsp3) is 0.769. The summed E-state index contributed by atoms with van der Waals surface area (Å²) >= 11 is 0. The van der Waals surface area contributed by atoms with Gasteiger partial charge in [0.2, 0.25) is 10.0 Å². The average Bonchev–Trinajstić information content (AvgIpc) is 2.99. The number of hydrogen-bond acceptors (Lipinski definition) is 4. The van der Waals surface area contributed by atoms with Crippen molar-refractivity contribution in [2.45, 2.75) is 50.6 Å². The van der Waals surface area contributed by atoms with Crippen molar-refractivity contribution in [2.24, 2.45) is 11.7 Å². The summed E-state index contributed by atoms with van der Waals surface area (Å²) in [5.74, 6) is 0.264. The second-order valence-corrected chi connectivity index (χ2v) is 7.41. The molecule has 1 aliphatic heterocycles. The van der Waals surface area contributed by atoms with Crippen molar-refractivity contribution in [1.29, 1.82) is 0 Å². The van der Waals surface area contributed by atoms with E-state index in [9.17, 15) is 8.42 Å². The second-order valence-electron chi connectivity index (χ2n) is 5.47. The molecule has 0 amide bonds. The van der Waals surface area contributed by atoms with E-state index < -0.39 is 10.0 Å². The highest BCUT2D eigenvalue weighted by atomic mass is 32.2. The molecule has 20 heavy (non-hydrogen) atoms. The number of rotatable bonds is 6. The predicted octanol–water partition coefficient (Wildman–Crippen LogP) is 1.04. The maximum atomic E-state index is 12.6. The minimum atomic E-state index is -3.45. The number of sulfonamides is 1. The molecule has 0 aliphatic carbocycles. The van der Waals surface area contributed by atoms with Gasteiger partial charge in [0.1, 0.15) is 4.90 Å². The van der Waals surface area contributed by atoms with E-state index in [-0.39, 0.29) is 16.9 Å². The first-order valence-electron chi connectivity index (χ1n) is 7.27. The summed E-state index contributed by atoms with van der Waals surface area (Å²) in [5.41, 5.74) is 6.06. The molecule has 1 aliphatic rings. The predicted molar refractivity (Wildman–Crippen MR) is 77.7 cm³/mol. The van der Waals surface area contributed by atoms with Gasteiger partial charge in [-0.25, -0.2) is 8.42 Å². The van der Waals surface area contributed by atoms with Gasteiger partial charge in [-0.2, -0.15) is 9.40 Å². The van der Waals surface area contributed by atoms with Gasteiger partial charge in [0, 0.05) is 31.9 Å². The van der Waals surface area contributed by atoms with Gasteiger partial charge in [-0.3, -0.25) is 4.68 Å². The van der Waals surface area contributed by atoms with Gasteiger partial charge < -0.3 is 5.73 Å². The molecule has 0 bridgehead atoms. The maximum Gasteiger partial charge on any atom is 0.246 e. The number of nitrogens with two attached hydrogens (primary N) is 1. The quantitative estimate of drug-likeness (QED) is 0.851. The third-order valence-electron chi connectivity index (χ3n) is 3.82. The van der Waals surface area contributed by atoms with E-state index >= 15 is 0 Å². The number of nitrogens with zero attached hydrogens (tertiary/aromatic N) is 3. The van der Waals surface area contributed by atoms with Crippen LogP contribution in [0.5, 0.6) is 0 Å². The fourth-order valence-corrected chi connectivity index (χ4v) is 4.20. The number of aryl methyl sites for hydroxylation is 1. The second kappa shape index (κ2) is 6.24. The van der Waals surface area contributed by atoms with Crippen LogP contribution in [0.1, 0.15) is 33.1 Å². The smallest absolute Gasteiger partial charge is 0.246 e. The zero-order chi connectivity index (χ0) is 14.8. The summed E-state index contributed by atoms with van der Waals surface area (Å²) in [6.07, 6.45) is 5.97. The Morgan fingerprint density at radius 3 is 2.75 bits per heavy atom. The SMILES string of the molecule is CCC[C@H]1CN(S(=O)(=O)c2cnn(CCC)c2)C[C@@H]1N. The number of hydrogen-bond donors (Lipinski definition) is 1. The Morgan fingerprint density at radius 1 is 1.35 bits per heavy atom. The molecule has 0 radical (unpaired) electrons. The Kier molecular flexibility index (Phi) is 4.82. The molecule has 1 fully saturated rings. The van der Waals surface area contributed by atoms with Gasteiger partial charge in [0.25, 0.3) is 0 Å². The van der Waals surface area contributed by atoms with Gasteiger partial charge in [-0.05, 0) is 18.8 Å². The van der Waals surface area contributed by atoms with Crippen LogP contribution >= 0.6 is 0 Å². The van der Waals surface area contributed by atoms with E-state index in [1.807, 2.05) is 6.92 Å². The zero-order valence-electron chi connectivity index (χ0n) is 12.2. The Labute approximate surface area is 121 Å². The van der Waals surface area contributed by atoms with Gasteiger partial charge in [-0.15, -0.1) is 0 Å². The zero-order valence-corrected chi connectivity index (χ0v) is 13.0. The van der Waals surface area contributed by atoms with Crippen LogP contribution in [0.15, 0.2) is 17.3 Å². The molecular formula is C13H24N4O2S. The van der Waals surface area contributed by atoms with E-state index in [1.54, 1.807) is 10.9 Å². The van der Waals surface area contributed by atoms with Gasteiger partial charge in [0.15, 0.2) is 0 Å². The first-order valence-corrected chi connectivity index (χ1v) is 8.71. The van der Waals surface area contributed by atoms with Crippen molar-refractivity contribution in [1.82, 2.24) is 14.1 Å². The summed E-state index contributed by atoms with van der Waals surface area (Å²) in [4.78, 5) is 0.273. The summed E-state index contributed by atoms with van der Waals surface area (Å²) in [6, 6.07) is -0.0598. The van der Waals surface area contributed by atoms with Crippen molar-refractivity contribution < 1.29 is 8.42 Å². The minimum absolute atomic E-state index is 0.0598. The van der Waals surface area contributed by atoms with Gasteiger partial charge >= 0.3 is 0 Å². The van der Waals surface area contributed by atoms with Crippen molar-refractivity contribution in [3.05, 3.63) is 12.4 Å². The maximum absolute atomic E-state index is 12.6. The largest absolute Gasteiger partial charge is 0.326 e. The van der Waals surface area contributed by atoms with Crippen LogP contribution in [0.4, 0.5) is 0 Å². The fourth-order valence-electron chi connectivity index (χ4n) is 2.71. The molecule has 0 spiro atoms. The highest BCUT2D eigenvalue weighted by molar-refractivity contribution is 7.89. The summed E-state index contributed by atoms with van der Waals surface area (Å²) in [5, 5.41) is 4.10. The molecule has 2 atom stereocenters. The van der Waals surface area contributed by atoms with Crippen molar-refractivity contribution in [2.75, 3.05) is 13.1 Å². The lowest BCUT2D eigenvalue weighted by atomic mass is 9.99. The van der Waals surface area contributed by atoms with Crippen LogP contribution in [-0.2, 0) is 16.6 Å². The molecule has 1 saturated heterocycles.